The first-order valence-corrected chi connectivity index (χ1v) is 6.35. The predicted octanol–water partition coefficient (Wildman–Crippen LogP) is 2.86. The standard InChI is InChI=1S/C12H16N4S/c1-8(2)7-15-12-10(11(13)16-17-12)9-3-5-14-6-4-9/h3-6,8,15H,7H2,1-2H3,(H2,13,16). The van der Waals surface area contributed by atoms with Gasteiger partial charge in [0.05, 0.1) is 5.56 Å². The Kier molecular flexibility index (Phi) is 3.58. The molecule has 2 aromatic rings. The summed E-state index contributed by atoms with van der Waals surface area (Å²) in [4.78, 5) is 4.01. The Hall–Kier alpha value is -1.62. The van der Waals surface area contributed by atoms with Crippen molar-refractivity contribution in [1.29, 1.82) is 0 Å². The van der Waals surface area contributed by atoms with Gasteiger partial charge >= 0.3 is 0 Å². The van der Waals surface area contributed by atoms with Gasteiger partial charge in [0.1, 0.15) is 10.8 Å². The van der Waals surface area contributed by atoms with Gasteiger partial charge in [0.25, 0.3) is 0 Å². The van der Waals surface area contributed by atoms with E-state index >= 15 is 0 Å². The molecule has 5 heteroatoms. The Balaban J connectivity index is 2.30. The number of nitrogen functional groups attached to an aromatic ring is 1. The maximum Gasteiger partial charge on any atom is 0.147 e. The third-order valence-corrected chi connectivity index (χ3v) is 3.18. The van der Waals surface area contributed by atoms with Gasteiger partial charge < -0.3 is 11.1 Å². The SMILES string of the molecule is CC(C)CNc1snc(N)c1-c1ccncc1. The van der Waals surface area contributed by atoms with Crippen molar-refractivity contribution in [3.05, 3.63) is 24.5 Å². The van der Waals surface area contributed by atoms with E-state index in [0.29, 0.717) is 11.7 Å². The van der Waals surface area contributed by atoms with Gasteiger partial charge in [0.2, 0.25) is 0 Å². The monoisotopic (exact) mass is 248 g/mol. The van der Waals surface area contributed by atoms with E-state index in [0.717, 1.165) is 22.7 Å². The van der Waals surface area contributed by atoms with Crippen molar-refractivity contribution in [2.75, 3.05) is 17.6 Å². The molecule has 0 saturated heterocycles. The molecule has 0 amide bonds. The van der Waals surface area contributed by atoms with Gasteiger partial charge in [-0.15, -0.1) is 0 Å². The molecule has 90 valence electrons. The zero-order chi connectivity index (χ0) is 12.3. The Morgan fingerprint density at radius 3 is 2.71 bits per heavy atom. The highest BCUT2D eigenvalue weighted by Crippen LogP contribution is 2.36. The van der Waals surface area contributed by atoms with Crippen LogP contribution in [0.4, 0.5) is 10.8 Å². The quantitative estimate of drug-likeness (QED) is 0.873. The maximum atomic E-state index is 5.92. The van der Waals surface area contributed by atoms with Crippen LogP contribution in [0.3, 0.4) is 0 Å². The second-order valence-electron chi connectivity index (χ2n) is 4.28. The normalized spacial score (nSPS) is 10.8. The number of nitrogens with two attached hydrogens (primary N) is 1. The lowest BCUT2D eigenvalue weighted by Crippen LogP contribution is -2.07. The number of hydrogen-bond donors (Lipinski definition) is 2. The minimum atomic E-state index is 0.576. The van der Waals surface area contributed by atoms with E-state index in [-0.39, 0.29) is 0 Å². The van der Waals surface area contributed by atoms with E-state index < -0.39 is 0 Å². The molecular weight excluding hydrogens is 232 g/mol. The first kappa shape index (κ1) is 11.9. The summed E-state index contributed by atoms with van der Waals surface area (Å²) in [6, 6.07) is 3.89. The zero-order valence-corrected chi connectivity index (χ0v) is 10.8. The van der Waals surface area contributed by atoms with Crippen molar-refractivity contribution in [2.24, 2.45) is 5.92 Å². The molecule has 0 atom stereocenters. The summed E-state index contributed by atoms with van der Waals surface area (Å²) >= 11 is 1.41. The molecule has 2 heterocycles. The number of pyridine rings is 1. The van der Waals surface area contributed by atoms with Crippen LogP contribution in [0.25, 0.3) is 11.1 Å². The van der Waals surface area contributed by atoms with Crippen LogP contribution < -0.4 is 11.1 Å². The molecule has 0 aromatic carbocycles. The van der Waals surface area contributed by atoms with Crippen molar-refractivity contribution in [3.63, 3.8) is 0 Å². The lowest BCUT2D eigenvalue weighted by molar-refractivity contribution is 0.690. The molecule has 2 aromatic heterocycles. The molecule has 2 rings (SSSR count). The fraction of sp³-hybridized carbons (Fsp3) is 0.333. The van der Waals surface area contributed by atoms with Gasteiger partial charge in [0, 0.05) is 18.9 Å². The van der Waals surface area contributed by atoms with Crippen LogP contribution in [-0.4, -0.2) is 15.9 Å². The summed E-state index contributed by atoms with van der Waals surface area (Å²) in [5.41, 5.74) is 7.96. The summed E-state index contributed by atoms with van der Waals surface area (Å²) in [7, 11) is 0. The molecule has 0 spiro atoms. The molecule has 0 fully saturated rings. The van der Waals surface area contributed by atoms with Crippen molar-refractivity contribution in [1.82, 2.24) is 9.36 Å². The van der Waals surface area contributed by atoms with Crippen LogP contribution in [-0.2, 0) is 0 Å². The summed E-state index contributed by atoms with van der Waals surface area (Å²) in [6.07, 6.45) is 3.53. The van der Waals surface area contributed by atoms with Crippen LogP contribution in [0.1, 0.15) is 13.8 Å². The smallest absolute Gasteiger partial charge is 0.147 e. The molecule has 0 aliphatic rings. The fourth-order valence-electron chi connectivity index (χ4n) is 1.52. The minimum absolute atomic E-state index is 0.576. The van der Waals surface area contributed by atoms with Crippen molar-refractivity contribution >= 4 is 22.4 Å². The first-order chi connectivity index (χ1) is 8.18. The van der Waals surface area contributed by atoms with Crippen LogP contribution in [0.15, 0.2) is 24.5 Å². The topological polar surface area (TPSA) is 63.8 Å². The number of nitrogens with one attached hydrogen (secondary N) is 1. The molecule has 0 radical (unpaired) electrons. The average molecular weight is 248 g/mol. The van der Waals surface area contributed by atoms with Crippen molar-refractivity contribution in [2.45, 2.75) is 13.8 Å². The molecule has 0 bridgehead atoms. The molecule has 17 heavy (non-hydrogen) atoms. The third kappa shape index (κ3) is 2.74. The van der Waals surface area contributed by atoms with Gasteiger partial charge in [-0.2, -0.15) is 4.37 Å². The maximum absolute atomic E-state index is 5.92. The third-order valence-electron chi connectivity index (χ3n) is 2.36. The van der Waals surface area contributed by atoms with Gasteiger partial charge in [-0.05, 0) is 35.1 Å². The Morgan fingerprint density at radius 2 is 2.06 bits per heavy atom. The first-order valence-electron chi connectivity index (χ1n) is 5.58. The van der Waals surface area contributed by atoms with Crippen LogP contribution in [0.5, 0.6) is 0 Å². The highest BCUT2D eigenvalue weighted by Gasteiger charge is 2.13. The fourth-order valence-corrected chi connectivity index (χ4v) is 2.26. The van der Waals surface area contributed by atoms with E-state index in [4.69, 9.17) is 5.73 Å². The molecular formula is C12H16N4S. The highest BCUT2D eigenvalue weighted by molar-refractivity contribution is 7.11. The number of aromatic nitrogens is 2. The lowest BCUT2D eigenvalue weighted by Gasteiger charge is -2.09. The Morgan fingerprint density at radius 1 is 1.35 bits per heavy atom. The van der Waals surface area contributed by atoms with Crippen LogP contribution >= 0.6 is 11.5 Å². The number of hydrogen-bond acceptors (Lipinski definition) is 5. The second kappa shape index (κ2) is 5.14. The Labute approximate surface area is 105 Å². The average Bonchev–Trinajstić information content (AvgIpc) is 2.69. The van der Waals surface area contributed by atoms with E-state index in [9.17, 15) is 0 Å². The van der Waals surface area contributed by atoms with Gasteiger partial charge in [-0.25, -0.2) is 0 Å². The van der Waals surface area contributed by atoms with Gasteiger partial charge in [-0.3, -0.25) is 4.98 Å². The molecule has 0 aliphatic heterocycles. The van der Waals surface area contributed by atoms with Crippen molar-refractivity contribution in [3.8, 4) is 11.1 Å². The molecule has 3 N–H and O–H groups in total. The van der Waals surface area contributed by atoms with E-state index in [1.807, 2.05) is 12.1 Å². The summed E-state index contributed by atoms with van der Waals surface area (Å²) < 4.78 is 4.21. The summed E-state index contributed by atoms with van der Waals surface area (Å²) in [6.45, 7) is 5.26. The number of rotatable bonds is 4. The molecule has 4 nitrogen and oxygen atoms in total. The lowest BCUT2D eigenvalue weighted by atomic mass is 10.1. The second-order valence-corrected chi connectivity index (χ2v) is 5.06. The Bertz CT molecular complexity index is 479. The minimum Gasteiger partial charge on any atom is -0.382 e. The largest absolute Gasteiger partial charge is 0.382 e. The van der Waals surface area contributed by atoms with Gasteiger partial charge in [-0.1, -0.05) is 13.8 Å². The number of nitrogens with zero attached hydrogens (tertiary/aromatic N) is 2. The summed E-state index contributed by atoms with van der Waals surface area (Å²) in [5, 5.41) is 4.42. The number of anilines is 2. The van der Waals surface area contributed by atoms with E-state index in [1.54, 1.807) is 12.4 Å². The van der Waals surface area contributed by atoms with E-state index in [2.05, 4.69) is 28.5 Å². The van der Waals surface area contributed by atoms with Crippen LogP contribution in [0, 0.1) is 5.92 Å². The molecule has 0 aliphatic carbocycles. The predicted molar refractivity (Wildman–Crippen MR) is 73.1 cm³/mol. The summed E-state index contributed by atoms with van der Waals surface area (Å²) in [5.74, 6) is 1.16. The molecule has 0 saturated carbocycles. The van der Waals surface area contributed by atoms with Crippen molar-refractivity contribution < 1.29 is 0 Å². The van der Waals surface area contributed by atoms with Crippen LogP contribution in [0.2, 0.25) is 0 Å². The van der Waals surface area contributed by atoms with E-state index in [1.165, 1.54) is 11.5 Å². The van der Waals surface area contributed by atoms with Gasteiger partial charge in [0.15, 0.2) is 0 Å². The molecule has 0 unspecified atom stereocenters. The zero-order valence-electron chi connectivity index (χ0n) is 9.97. The highest BCUT2D eigenvalue weighted by atomic mass is 32.1.